The van der Waals surface area contributed by atoms with E-state index in [4.69, 9.17) is 5.73 Å². The molecule has 0 saturated carbocycles. The van der Waals surface area contributed by atoms with Crippen LogP contribution in [0.3, 0.4) is 0 Å². The predicted molar refractivity (Wildman–Crippen MR) is 48.8 cm³/mol. The second kappa shape index (κ2) is 2.85. The Hall–Kier alpha value is -1.91. The standard InChI is InChI=1S/C8H9N5/c1-5-4-7(13-12-5)6-2-3-10-8(9)11-6/h2-4H,1H3,(H,12,13)(H2,9,10,11). The van der Waals surface area contributed by atoms with Gasteiger partial charge in [0.05, 0.1) is 5.69 Å². The first kappa shape index (κ1) is 7.72. The number of aryl methyl sites for hydroxylation is 1. The van der Waals surface area contributed by atoms with Crippen LogP contribution in [0.1, 0.15) is 5.69 Å². The monoisotopic (exact) mass is 175 g/mol. The summed E-state index contributed by atoms with van der Waals surface area (Å²) in [5.41, 5.74) is 7.95. The summed E-state index contributed by atoms with van der Waals surface area (Å²) in [4.78, 5) is 7.84. The third-order valence-corrected chi connectivity index (χ3v) is 1.64. The number of rotatable bonds is 1. The van der Waals surface area contributed by atoms with Crippen LogP contribution in [-0.2, 0) is 0 Å². The highest BCUT2D eigenvalue weighted by atomic mass is 15.1. The fourth-order valence-electron chi connectivity index (χ4n) is 1.07. The van der Waals surface area contributed by atoms with Gasteiger partial charge in [0.15, 0.2) is 0 Å². The summed E-state index contributed by atoms with van der Waals surface area (Å²) in [6.07, 6.45) is 1.61. The van der Waals surface area contributed by atoms with Crippen molar-refractivity contribution < 1.29 is 0 Å². The number of nitrogens with one attached hydrogen (secondary N) is 1. The summed E-state index contributed by atoms with van der Waals surface area (Å²) in [6.45, 7) is 1.93. The van der Waals surface area contributed by atoms with Crippen LogP contribution >= 0.6 is 0 Å². The molecule has 66 valence electrons. The van der Waals surface area contributed by atoms with Gasteiger partial charge in [-0.15, -0.1) is 0 Å². The van der Waals surface area contributed by atoms with Gasteiger partial charge in [-0.05, 0) is 19.1 Å². The normalized spacial score (nSPS) is 10.2. The highest BCUT2D eigenvalue weighted by Gasteiger charge is 2.02. The maximum atomic E-state index is 5.44. The van der Waals surface area contributed by atoms with Crippen molar-refractivity contribution in [3.8, 4) is 11.4 Å². The Morgan fingerprint density at radius 2 is 2.23 bits per heavy atom. The van der Waals surface area contributed by atoms with Gasteiger partial charge in [0.2, 0.25) is 5.95 Å². The van der Waals surface area contributed by atoms with Gasteiger partial charge in [0, 0.05) is 11.9 Å². The Morgan fingerprint density at radius 3 is 2.85 bits per heavy atom. The average molecular weight is 175 g/mol. The molecule has 0 aromatic carbocycles. The van der Waals surface area contributed by atoms with Crippen molar-refractivity contribution in [2.45, 2.75) is 6.92 Å². The molecule has 0 aliphatic carbocycles. The average Bonchev–Trinajstić information content (AvgIpc) is 2.52. The molecule has 3 N–H and O–H groups in total. The third-order valence-electron chi connectivity index (χ3n) is 1.64. The lowest BCUT2D eigenvalue weighted by Gasteiger charge is -1.94. The second-order valence-electron chi connectivity index (χ2n) is 2.74. The van der Waals surface area contributed by atoms with E-state index in [2.05, 4.69) is 20.2 Å². The Balaban J connectivity index is 2.46. The van der Waals surface area contributed by atoms with Crippen molar-refractivity contribution >= 4 is 5.95 Å². The molecule has 2 rings (SSSR count). The summed E-state index contributed by atoms with van der Waals surface area (Å²) in [7, 11) is 0. The van der Waals surface area contributed by atoms with Gasteiger partial charge in [-0.1, -0.05) is 0 Å². The minimum atomic E-state index is 0.262. The molecule has 0 fully saturated rings. The number of aromatic nitrogens is 4. The molecule has 0 aliphatic heterocycles. The van der Waals surface area contributed by atoms with Gasteiger partial charge in [0.25, 0.3) is 0 Å². The molecule has 0 atom stereocenters. The molecule has 0 unspecified atom stereocenters. The van der Waals surface area contributed by atoms with E-state index in [9.17, 15) is 0 Å². The Morgan fingerprint density at radius 1 is 1.38 bits per heavy atom. The first-order valence-electron chi connectivity index (χ1n) is 3.86. The van der Waals surface area contributed by atoms with Gasteiger partial charge in [-0.3, -0.25) is 5.10 Å². The molecule has 0 amide bonds. The summed E-state index contributed by atoms with van der Waals surface area (Å²) < 4.78 is 0. The summed E-state index contributed by atoms with van der Waals surface area (Å²) in [5.74, 6) is 0.262. The third kappa shape index (κ3) is 1.48. The summed E-state index contributed by atoms with van der Waals surface area (Å²) >= 11 is 0. The minimum Gasteiger partial charge on any atom is -0.368 e. The molecule has 2 aromatic rings. The predicted octanol–water partition coefficient (Wildman–Crippen LogP) is 0.757. The van der Waals surface area contributed by atoms with Crippen molar-refractivity contribution in [2.24, 2.45) is 0 Å². The molecule has 0 spiro atoms. The lowest BCUT2D eigenvalue weighted by molar-refractivity contribution is 1.04. The number of anilines is 1. The molecule has 2 aromatic heterocycles. The zero-order valence-electron chi connectivity index (χ0n) is 7.15. The topological polar surface area (TPSA) is 80.5 Å². The lowest BCUT2D eigenvalue weighted by atomic mass is 10.3. The SMILES string of the molecule is Cc1cc(-c2ccnc(N)n2)n[nH]1. The molecule has 0 radical (unpaired) electrons. The van der Waals surface area contributed by atoms with E-state index >= 15 is 0 Å². The van der Waals surface area contributed by atoms with Crippen LogP contribution in [0, 0.1) is 6.92 Å². The molecular weight excluding hydrogens is 166 g/mol. The van der Waals surface area contributed by atoms with Crippen LogP contribution < -0.4 is 5.73 Å². The number of aromatic amines is 1. The minimum absolute atomic E-state index is 0.262. The summed E-state index contributed by atoms with van der Waals surface area (Å²) in [5, 5.41) is 6.89. The fraction of sp³-hybridized carbons (Fsp3) is 0.125. The van der Waals surface area contributed by atoms with Crippen molar-refractivity contribution in [1.82, 2.24) is 20.2 Å². The number of nitrogens with zero attached hydrogens (tertiary/aromatic N) is 3. The maximum Gasteiger partial charge on any atom is 0.220 e. The van der Waals surface area contributed by atoms with Gasteiger partial charge in [0.1, 0.15) is 5.69 Å². The number of nitrogen functional groups attached to an aromatic ring is 1. The van der Waals surface area contributed by atoms with Crippen molar-refractivity contribution in [3.63, 3.8) is 0 Å². The first-order valence-corrected chi connectivity index (χ1v) is 3.86. The number of nitrogens with two attached hydrogens (primary N) is 1. The Labute approximate surface area is 75.0 Å². The van der Waals surface area contributed by atoms with E-state index in [0.717, 1.165) is 17.1 Å². The van der Waals surface area contributed by atoms with Crippen molar-refractivity contribution in [1.29, 1.82) is 0 Å². The fourth-order valence-corrected chi connectivity index (χ4v) is 1.07. The van der Waals surface area contributed by atoms with E-state index in [0.29, 0.717) is 0 Å². The Bertz CT molecular complexity index is 420. The molecule has 5 heteroatoms. The first-order chi connectivity index (χ1) is 6.25. The van der Waals surface area contributed by atoms with Crippen LogP contribution in [0.2, 0.25) is 0 Å². The zero-order chi connectivity index (χ0) is 9.26. The van der Waals surface area contributed by atoms with Crippen LogP contribution in [0.5, 0.6) is 0 Å². The molecule has 13 heavy (non-hydrogen) atoms. The van der Waals surface area contributed by atoms with Crippen molar-refractivity contribution in [2.75, 3.05) is 5.73 Å². The van der Waals surface area contributed by atoms with E-state index in [1.807, 2.05) is 13.0 Å². The molecule has 0 saturated heterocycles. The largest absolute Gasteiger partial charge is 0.368 e. The lowest BCUT2D eigenvalue weighted by Crippen LogP contribution is -1.95. The van der Waals surface area contributed by atoms with Crippen LogP contribution in [0.15, 0.2) is 18.3 Å². The van der Waals surface area contributed by atoms with Crippen molar-refractivity contribution in [3.05, 3.63) is 24.0 Å². The van der Waals surface area contributed by atoms with Crippen LogP contribution in [0.4, 0.5) is 5.95 Å². The maximum absolute atomic E-state index is 5.44. The molecule has 0 bridgehead atoms. The highest BCUT2D eigenvalue weighted by Crippen LogP contribution is 2.14. The van der Waals surface area contributed by atoms with E-state index in [1.165, 1.54) is 0 Å². The van der Waals surface area contributed by atoms with E-state index < -0.39 is 0 Å². The van der Waals surface area contributed by atoms with Gasteiger partial charge >= 0.3 is 0 Å². The number of H-pyrrole nitrogens is 1. The second-order valence-corrected chi connectivity index (χ2v) is 2.74. The molecule has 2 heterocycles. The Kier molecular flexibility index (Phi) is 1.70. The van der Waals surface area contributed by atoms with Gasteiger partial charge in [-0.25, -0.2) is 9.97 Å². The zero-order valence-corrected chi connectivity index (χ0v) is 7.15. The van der Waals surface area contributed by atoms with Crippen LogP contribution in [0.25, 0.3) is 11.4 Å². The molecule has 0 aliphatic rings. The highest BCUT2D eigenvalue weighted by molar-refractivity contribution is 5.54. The summed E-state index contributed by atoms with van der Waals surface area (Å²) in [6, 6.07) is 3.67. The quantitative estimate of drug-likeness (QED) is 0.670. The number of hydrogen-bond donors (Lipinski definition) is 2. The van der Waals surface area contributed by atoms with Gasteiger partial charge < -0.3 is 5.73 Å². The number of hydrogen-bond acceptors (Lipinski definition) is 4. The molecule has 5 nitrogen and oxygen atoms in total. The van der Waals surface area contributed by atoms with Gasteiger partial charge in [-0.2, -0.15) is 5.10 Å². The van der Waals surface area contributed by atoms with E-state index in [-0.39, 0.29) is 5.95 Å². The van der Waals surface area contributed by atoms with Crippen LogP contribution in [-0.4, -0.2) is 20.2 Å². The molecular formula is C8H9N5. The smallest absolute Gasteiger partial charge is 0.220 e. The van der Waals surface area contributed by atoms with E-state index in [1.54, 1.807) is 12.3 Å².